The highest BCUT2D eigenvalue weighted by atomic mass is 19.1. The van der Waals surface area contributed by atoms with Crippen LogP contribution >= 0.6 is 0 Å². The van der Waals surface area contributed by atoms with Crippen LogP contribution in [-0.4, -0.2) is 6.04 Å². The number of halogens is 2. The summed E-state index contributed by atoms with van der Waals surface area (Å²) in [5, 5.41) is 0. The minimum Gasteiger partial charge on any atom is -0.454 e. The van der Waals surface area contributed by atoms with E-state index in [0.29, 0.717) is 17.7 Å². The summed E-state index contributed by atoms with van der Waals surface area (Å²) < 4.78 is 32.5. The lowest BCUT2D eigenvalue weighted by Crippen LogP contribution is -2.17. The first-order valence-electron chi connectivity index (χ1n) is 6.43. The third-order valence-electron chi connectivity index (χ3n) is 2.91. The van der Waals surface area contributed by atoms with Crippen molar-refractivity contribution < 1.29 is 13.5 Å². The molecule has 0 saturated heterocycles. The van der Waals surface area contributed by atoms with Crippen molar-refractivity contribution in [2.45, 2.75) is 26.3 Å². The van der Waals surface area contributed by atoms with Crippen LogP contribution in [0.4, 0.5) is 8.78 Å². The van der Waals surface area contributed by atoms with Crippen LogP contribution in [0.1, 0.15) is 18.1 Å². The monoisotopic (exact) mass is 277 g/mol. The smallest absolute Gasteiger partial charge is 0.165 e. The summed E-state index contributed by atoms with van der Waals surface area (Å²) in [6.45, 7) is 3.49. The Labute approximate surface area is 117 Å². The number of hydrogen-bond donors (Lipinski definition) is 1. The molecule has 0 aromatic heterocycles. The average molecular weight is 277 g/mol. The van der Waals surface area contributed by atoms with E-state index in [0.717, 1.165) is 5.56 Å². The van der Waals surface area contributed by atoms with E-state index in [1.807, 2.05) is 6.92 Å². The van der Waals surface area contributed by atoms with Gasteiger partial charge in [0.1, 0.15) is 11.6 Å². The number of rotatable bonds is 4. The zero-order chi connectivity index (χ0) is 14.7. The summed E-state index contributed by atoms with van der Waals surface area (Å²) >= 11 is 0. The SMILES string of the molecule is Cc1cc(Oc2ccc(CC(C)N)cc2F)ccc1F. The third kappa shape index (κ3) is 3.54. The molecule has 0 saturated carbocycles. The molecular weight excluding hydrogens is 260 g/mol. The number of benzene rings is 2. The van der Waals surface area contributed by atoms with Crippen LogP contribution in [0.5, 0.6) is 11.5 Å². The van der Waals surface area contributed by atoms with Gasteiger partial charge in [0.05, 0.1) is 0 Å². The summed E-state index contributed by atoms with van der Waals surface area (Å²) in [7, 11) is 0. The van der Waals surface area contributed by atoms with Gasteiger partial charge in [-0.1, -0.05) is 6.07 Å². The van der Waals surface area contributed by atoms with E-state index in [4.69, 9.17) is 10.5 Å². The van der Waals surface area contributed by atoms with E-state index in [-0.39, 0.29) is 17.6 Å². The van der Waals surface area contributed by atoms with Crippen molar-refractivity contribution in [2.24, 2.45) is 5.73 Å². The fourth-order valence-electron chi connectivity index (χ4n) is 1.93. The zero-order valence-corrected chi connectivity index (χ0v) is 11.5. The molecule has 1 unspecified atom stereocenters. The van der Waals surface area contributed by atoms with Gasteiger partial charge in [-0.2, -0.15) is 0 Å². The number of hydrogen-bond acceptors (Lipinski definition) is 2. The van der Waals surface area contributed by atoms with Gasteiger partial charge in [-0.3, -0.25) is 0 Å². The quantitative estimate of drug-likeness (QED) is 0.918. The van der Waals surface area contributed by atoms with E-state index in [1.165, 1.54) is 24.3 Å². The van der Waals surface area contributed by atoms with Crippen molar-refractivity contribution in [3.63, 3.8) is 0 Å². The van der Waals surface area contributed by atoms with Gasteiger partial charge in [-0.25, -0.2) is 8.78 Å². The van der Waals surface area contributed by atoms with Crippen LogP contribution in [0.2, 0.25) is 0 Å². The Balaban J connectivity index is 2.19. The highest BCUT2D eigenvalue weighted by Gasteiger charge is 2.08. The highest BCUT2D eigenvalue weighted by molar-refractivity contribution is 5.36. The van der Waals surface area contributed by atoms with E-state index in [9.17, 15) is 8.78 Å². The maximum absolute atomic E-state index is 13.9. The molecule has 20 heavy (non-hydrogen) atoms. The van der Waals surface area contributed by atoms with E-state index in [1.54, 1.807) is 19.1 Å². The van der Waals surface area contributed by atoms with Crippen LogP contribution < -0.4 is 10.5 Å². The van der Waals surface area contributed by atoms with Crippen LogP contribution in [0.15, 0.2) is 36.4 Å². The second-order valence-electron chi connectivity index (χ2n) is 4.96. The van der Waals surface area contributed by atoms with Gasteiger partial charge in [0.25, 0.3) is 0 Å². The summed E-state index contributed by atoms with van der Waals surface area (Å²) in [5.41, 5.74) is 6.95. The lowest BCUT2D eigenvalue weighted by atomic mass is 10.1. The predicted octanol–water partition coefficient (Wildman–Crippen LogP) is 3.96. The second kappa shape index (κ2) is 6.01. The highest BCUT2D eigenvalue weighted by Crippen LogP contribution is 2.26. The first-order chi connectivity index (χ1) is 9.45. The normalized spacial score (nSPS) is 12.2. The van der Waals surface area contributed by atoms with Crippen molar-refractivity contribution >= 4 is 0 Å². The predicted molar refractivity (Wildman–Crippen MR) is 75.0 cm³/mol. The Hall–Kier alpha value is -1.94. The number of aryl methyl sites for hydroxylation is 1. The molecule has 2 aromatic carbocycles. The third-order valence-corrected chi connectivity index (χ3v) is 2.91. The first kappa shape index (κ1) is 14.5. The molecule has 2 nitrogen and oxygen atoms in total. The lowest BCUT2D eigenvalue weighted by molar-refractivity contribution is 0.440. The zero-order valence-electron chi connectivity index (χ0n) is 11.5. The Kier molecular flexibility index (Phi) is 4.35. The first-order valence-corrected chi connectivity index (χ1v) is 6.43. The lowest BCUT2D eigenvalue weighted by Gasteiger charge is -2.10. The van der Waals surface area contributed by atoms with Crippen LogP contribution in [-0.2, 0) is 6.42 Å². The summed E-state index contributed by atoms with van der Waals surface area (Å²) in [6.07, 6.45) is 0.604. The van der Waals surface area contributed by atoms with Crippen molar-refractivity contribution in [3.8, 4) is 11.5 Å². The van der Waals surface area contributed by atoms with Gasteiger partial charge in [0, 0.05) is 6.04 Å². The molecule has 0 aliphatic rings. The summed E-state index contributed by atoms with van der Waals surface area (Å²) in [5.74, 6) is -0.248. The fourth-order valence-corrected chi connectivity index (χ4v) is 1.93. The molecule has 106 valence electrons. The van der Waals surface area contributed by atoms with Crippen molar-refractivity contribution in [2.75, 3.05) is 0 Å². The van der Waals surface area contributed by atoms with Crippen molar-refractivity contribution in [3.05, 3.63) is 59.2 Å². The van der Waals surface area contributed by atoms with E-state index in [2.05, 4.69) is 0 Å². The second-order valence-corrected chi connectivity index (χ2v) is 4.96. The number of ether oxygens (including phenoxy) is 1. The topological polar surface area (TPSA) is 35.2 Å². The Morgan fingerprint density at radius 2 is 1.85 bits per heavy atom. The largest absolute Gasteiger partial charge is 0.454 e. The molecule has 0 aliphatic heterocycles. The molecule has 2 N–H and O–H groups in total. The minimum atomic E-state index is -0.454. The molecule has 0 heterocycles. The molecule has 1 atom stereocenters. The maximum Gasteiger partial charge on any atom is 0.165 e. The van der Waals surface area contributed by atoms with Gasteiger partial charge in [-0.05, 0) is 61.7 Å². The standard InChI is InChI=1S/C16H17F2NO/c1-10-7-13(4-5-14(10)17)20-16-6-3-12(8-11(2)19)9-15(16)18/h3-7,9,11H,8,19H2,1-2H3. The Morgan fingerprint density at radius 1 is 1.10 bits per heavy atom. The fraction of sp³-hybridized carbons (Fsp3) is 0.250. The average Bonchev–Trinajstić information content (AvgIpc) is 2.36. The summed E-state index contributed by atoms with van der Waals surface area (Å²) in [6, 6.07) is 9.02. The molecule has 0 aliphatic carbocycles. The van der Waals surface area contributed by atoms with Crippen LogP contribution in [0.3, 0.4) is 0 Å². The Morgan fingerprint density at radius 3 is 2.45 bits per heavy atom. The summed E-state index contributed by atoms with van der Waals surface area (Å²) in [4.78, 5) is 0. The minimum absolute atomic E-state index is 0.0269. The van der Waals surface area contributed by atoms with E-state index >= 15 is 0 Å². The van der Waals surface area contributed by atoms with Gasteiger partial charge in [0.2, 0.25) is 0 Å². The molecule has 2 rings (SSSR count). The molecule has 0 amide bonds. The molecule has 2 aromatic rings. The molecule has 4 heteroatoms. The van der Waals surface area contributed by atoms with Gasteiger partial charge < -0.3 is 10.5 Å². The van der Waals surface area contributed by atoms with Crippen LogP contribution in [0.25, 0.3) is 0 Å². The number of nitrogens with two attached hydrogens (primary N) is 1. The molecule has 0 bridgehead atoms. The molecular formula is C16H17F2NO. The van der Waals surface area contributed by atoms with Crippen molar-refractivity contribution in [1.29, 1.82) is 0 Å². The maximum atomic E-state index is 13.9. The molecule has 0 fully saturated rings. The Bertz CT molecular complexity index is 611. The van der Waals surface area contributed by atoms with Crippen LogP contribution in [0, 0.1) is 18.6 Å². The van der Waals surface area contributed by atoms with Gasteiger partial charge in [-0.15, -0.1) is 0 Å². The molecule has 0 spiro atoms. The van der Waals surface area contributed by atoms with Gasteiger partial charge >= 0.3 is 0 Å². The van der Waals surface area contributed by atoms with Crippen molar-refractivity contribution in [1.82, 2.24) is 0 Å². The molecule has 0 radical (unpaired) electrons. The van der Waals surface area contributed by atoms with Gasteiger partial charge in [0.15, 0.2) is 11.6 Å². The van der Waals surface area contributed by atoms with E-state index < -0.39 is 5.82 Å².